The fourth-order valence-corrected chi connectivity index (χ4v) is 2.21. The van der Waals surface area contributed by atoms with Crippen molar-refractivity contribution in [2.45, 2.75) is 13.1 Å². The van der Waals surface area contributed by atoms with E-state index in [0.29, 0.717) is 5.69 Å². The maximum atomic E-state index is 9.34. The van der Waals surface area contributed by atoms with Crippen molar-refractivity contribution < 1.29 is 5.11 Å². The molecule has 90 valence electrons. The van der Waals surface area contributed by atoms with Gasteiger partial charge in [-0.15, -0.1) is 11.3 Å². The van der Waals surface area contributed by atoms with E-state index in [1.807, 2.05) is 24.0 Å². The molecule has 3 N–H and O–H groups in total. The third-order valence-electron chi connectivity index (χ3n) is 2.46. The van der Waals surface area contributed by atoms with Crippen molar-refractivity contribution in [3.05, 3.63) is 40.3 Å². The Labute approximate surface area is 104 Å². The van der Waals surface area contributed by atoms with E-state index >= 15 is 0 Å². The SMILES string of the molecule is CN(Cc1ccc(O)c(N)c1)Cc1cscn1. The summed E-state index contributed by atoms with van der Waals surface area (Å²) < 4.78 is 0. The number of phenols is 1. The summed E-state index contributed by atoms with van der Waals surface area (Å²) in [7, 11) is 2.03. The number of hydrogen-bond donors (Lipinski definition) is 2. The van der Waals surface area contributed by atoms with Crippen LogP contribution in [0, 0.1) is 0 Å². The zero-order chi connectivity index (χ0) is 12.3. The normalized spacial score (nSPS) is 10.9. The molecule has 0 aliphatic rings. The first-order chi connectivity index (χ1) is 8.15. The van der Waals surface area contributed by atoms with Crippen LogP contribution in [0.15, 0.2) is 29.1 Å². The standard InChI is InChI=1S/C12H15N3OS/c1-15(6-10-7-17-8-14-10)5-9-2-3-12(16)11(13)4-9/h2-4,7-8,16H,5-6,13H2,1H3. The van der Waals surface area contributed by atoms with E-state index in [2.05, 4.69) is 9.88 Å². The third kappa shape index (κ3) is 3.18. The molecule has 0 aliphatic carbocycles. The van der Waals surface area contributed by atoms with Gasteiger partial charge in [-0.2, -0.15) is 0 Å². The topological polar surface area (TPSA) is 62.4 Å². The number of phenolic OH excluding ortho intramolecular Hbond substituents is 1. The second kappa shape index (κ2) is 5.16. The molecular formula is C12H15N3OS. The van der Waals surface area contributed by atoms with Gasteiger partial charge in [-0.1, -0.05) is 6.07 Å². The predicted molar refractivity (Wildman–Crippen MR) is 69.8 cm³/mol. The summed E-state index contributed by atoms with van der Waals surface area (Å²) in [5.74, 6) is 0.135. The van der Waals surface area contributed by atoms with Crippen molar-refractivity contribution >= 4 is 17.0 Å². The molecule has 0 fully saturated rings. The molecule has 1 heterocycles. The maximum Gasteiger partial charge on any atom is 0.138 e. The van der Waals surface area contributed by atoms with Crippen molar-refractivity contribution in [3.8, 4) is 5.75 Å². The molecule has 0 spiro atoms. The number of thiazole rings is 1. The van der Waals surface area contributed by atoms with Crippen LogP contribution in [0.2, 0.25) is 0 Å². The summed E-state index contributed by atoms with van der Waals surface area (Å²) >= 11 is 1.60. The highest BCUT2D eigenvalue weighted by atomic mass is 32.1. The monoisotopic (exact) mass is 249 g/mol. The number of hydrogen-bond acceptors (Lipinski definition) is 5. The lowest BCUT2D eigenvalue weighted by Crippen LogP contribution is -2.17. The summed E-state index contributed by atoms with van der Waals surface area (Å²) in [4.78, 5) is 6.40. The van der Waals surface area contributed by atoms with E-state index in [9.17, 15) is 5.11 Å². The molecule has 1 aromatic carbocycles. The molecule has 0 saturated carbocycles. The van der Waals surface area contributed by atoms with Crippen molar-refractivity contribution in [1.29, 1.82) is 0 Å². The molecule has 0 unspecified atom stereocenters. The van der Waals surface area contributed by atoms with Gasteiger partial charge in [0.1, 0.15) is 5.75 Å². The van der Waals surface area contributed by atoms with Crippen LogP contribution < -0.4 is 5.73 Å². The molecule has 0 aliphatic heterocycles. The summed E-state index contributed by atoms with van der Waals surface area (Å²) in [6.07, 6.45) is 0. The Kier molecular flexibility index (Phi) is 3.61. The second-order valence-electron chi connectivity index (χ2n) is 4.05. The minimum Gasteiger partial charge on any atom is -0.506 e. The fraction of sp³-hybridized carbons (Fsp3) is 0.250. The first-order valence-electron chi connectivity index (χ1n) is 5.28. The quantitative estimate of drug-likeness (QED) is 0.643. The Balaban J connectivity index is 1.98. The van der Waals surface area contributed by atoms with Gasteiger partial charge in [-0.25, -0.2) is 4.98 Å². The van der Waals surface area contributed by atoms with Crippen LogP contribution >= 0.6 is 11.3 Å². The third-order valence-corrected chi connectivity index (χ3v) is 3.10. The van der Waals surface area contributed by atoms with Gasteiger partial charge in [-0.3, -0.25) is 4.90 Å². The van der Waals surface area contributed by atoms with Crippen LogP contribution in [-0.2, 0) is 13.1 Å². The number of nitrogens with zero attached hydrogens (tertiary/aromatic N) is 2. The number of aromatic hydroxyl groups is 1. The minimum absolute atomic E-state index is 0.135. The van der Waals surface area contributed by atoms with Crippen molar-refractivity contribution in [1.82, 2.24) is 9.88 Å². The number of rotatable bonds is 4. The van der Waals surface area contributed by atoms with Crippen LogP contribution in [0.25, 0.3) is 0 Å². The van der Waals surface area contributed by atoms with Gasteiger partial charge in [0.25, 0.3) is 0 Å². The van der Waals surface area contributed by atoms with Gasteiger partial charge in [0.05, 0.1) is 16.9 Å². The lowest BCUT2D eigenvalue weighted by atomic mass is 10.2. The largest absolute Gasteiger partial charge is 0.506 e. The second-order valence-corrected chi connectivity index (χ2v) is 4.76. The molecule has 2 rings (SSSR count). The summed E-state index contributed by atoms with van der Waals surface area (Å²) in [5.41, 5.74) is 10.1. The zero-order valence-electron chi connectivity index (χ0n) is 9.63. The first kappa shape index (κ1) is 11.9. The Morgan fingerprint density at radius 1 is 1.41 bits per heavy atom. The summed E-state index contributed by atoms with van der Waals surface area (Å²) in [6, 6.07) is 5.30. The Hall–Kier alpha value is -1.59. The number of anilines is 1. The van der Waals surface area contributed by atoms with E-state index in [0.717, 1.165) is 24.3 Å². The van der Waals surface area contributed by atoms with Crippen LogP contribution in [0.5, 0.6) is 5.75 Å². The minimum atomic E-state index is 0.135. The molecule has 2 aromatic rings. The lowest BCUT2D eigenvalue weighted by molar-refractivity contribution is 0.315. The Morgan fingerprint density at radius 3 is 2.88 bits per heavy atom. The Bertz CT molecular complexity index is 485. The molecule has 0 radical (unpaired) electrons. The maximum absolute atomic E-state index is 9.34. The van der Waals surface area contributed by atoms with E-state index in [1.54, 1.807) is 23.5 Å². The van der Waals surface area contributed by atoms with Crippen molar-refractivity contribution in [2.75, 3.05) is 12.8 Å². The average molecular weight is 249 g/mol. The van der Waals surface area contributed by atoms with Crippen molar-refractivity contribution in [2.24, 2.45) is 0 Å². The molecule has 0 amide bonds. The molecule has 0 atom stereocenters. The Morgan fingerprint density at radius 2 is 2.24 bits per heavy atom. The number of benzene rings is 1. The zero-order valence-corrected chi connectivity index (χ0v) is 10.4. The van der Waals surface area contributed by atoms with E-state index < -0.39 is 0 Å². The molecular weight excluding hydrogens is 234 g/mol. The molecule has 5 heteroatoms. The molecule has 17 heavy (non-hydrogen) atoms. The van der Waals surface area contributed by atoms with Crippen LogP contribution in [0.4, 0.5) is 5.69 Å². The van der Waals surface area contributed by atoms with Gasteiger partial charge in [0.2, 0.25) is 0 Å². The highest BCUT2D eigenvalue weighted by Crippen LogP contribution is 2.21. The van der Waals surface area contributed by atoms with Gasteiger partial charge >= 0.3 is 0 Å². The molecule has 1 aromatic heterocycles. The smallest absolute Gasteiger partial charge is 0.138 e. The van der Waals surface area contributed by atoms with E-state index in [-0.39, 0.29) is 5.75 Å². The summed E-state index contributed by atoms with van der Waals surface area (Å²) in [5, 5.41) is 11.4. The van der Waals surface area contributed by atoms with Gasteiger partial charge in [-0.05, 0) is 24.7 Å². The highest BCUT2D eigenvalue weighted by Gasteiger charge is 2.05. The van der Waals surface area contributed by atoms with E-state index in [1.165, 1.54) is 0 Å². The van der Waals surface area contributed by atoms with Crippen LogP contribution in [0.3, 0.4) is 0 Å². The molecule has 4 nitrogen and oxygen atoms in total. The van der Waals surface area contributed by atoms with Crippen LogP contribution in [0.1, 0.15) is 11.3 Å². The first-order valence-corrected chi connectivity index (χ1v) is 6.22. The van der Waals surface area contributed by atoms with Gasteiger partial charge in [0, 0.05) is 18.5 Å². The van der Waals surface area contributed by atoms with Crippen molar-refractivity contribution in [3.63, 3.8) is 0 Å². The number of aromatic nitrogens is 1. The predicted octanol–water partition coefficient (Wildman–Crippen LogP) is 2.06. The number of nitrogen functional groups attached to an aromatic ring is 1. The van der Waals surface area contributed by atoms with Gasteiger partial charge in [0.15, 0.2) is 0 Å². The van der Waals surface area contributed by atoms with E-state index in [4.69, 9.17) is 5.73 Å². The molecule has 0 bridgehead atoms. The average Bonchev–Trinajstić information content (AvgIpc) is 2.76. The summed E-state index contributed by atoms with van der Waals surface area (Å²) in [6.45, 7) is 1.59. The number of nitrogens with two attached hydrogens (primary N) is 1. The fourth-order valence-electron chi connectivity index (χ4n) is 1.66. The highest BCUT2D eigenvalue weighted by molar-refractivity contribution is 7.07. The molecule has 0 saturated heterocycles. The van der Waals surface area contributed by atoms with Crippen LogP contribution in [-0.4, -0.2) is 22.0 Å². The van der Waals surface area contributed by atoms with Gasteiger partial charge < -0.3 is 10.8 Å². The lowest BCUT2D eigenvalue weighted by Gasteiger charge is -2.15.